The maximum atomic E-state index is 12.2. The van der Waals surface area contributed by atoms with Crippen LogP contribution in [0.3, 0.4) is 0 Å². The summed E-state index contributed by atoms with van der Waals surface area (Å²) in [5, 5.41) is 5.24. The van der Waals surface area contributed by atoms with Crippen LogP contribution in [0.1, 0.15) is 18.9 Å². The van der Waals surface area contributed by atoms with Crippen molar-refractivity contribution in [2.45, 2.75) is 18.9 Å². The largest absolute Gasteiger partial charge is 0.315 e. The third-order valence-electron chi connectivity index (χ3n) is 3.06. The Bertz CT molecular complexity index is 554. The third-order valence-corrected chi connectivity index (χ3v) is 3.95. The Hall–Kier alpha value is -1.20. The van der Waals surface area contributed by atoms with E-state index in [1.165, 1.54) is 11.3 Å². The highest BCUT2D eigenvalue weighted by Crippen LogP contribution is 2.18. The molecule has 1 aliphatic heterocycles. The number of hydrogen-bond donors (Lipinski definition) is 1. The van der Waals surface area contributed by atoms with E-state index in [0.29, 0.717) is 0 Å². The molecule has 0 unspecified atom stereocenters. The maximum absolute atomic E-state index is 12.2. The average Bonchev–Trinajstić information content (AvgIpc) is 2.80. The number of fused-ring (bicyclic) bond motifs is 1. The first kappa shape index (κ1) is 9.99. The topological polar surface area (TPSA) is 46.9 Å². The Labute approximate surface area is 96.9 Å². The lowest BCUT2D eigenvalue weighted by molar-refractivity contribution is 0.363. The van der Waals surface area contributed by atoms with Gasteiger partial charge in [-0.15, -0.1) is 11.3 Å². The molecule has 0 amide bonds. The fourth-order valence-electron chi connectivity index (χ4n) is 2.19. The average molecular weight is 235 g/mol. The zero-order valence-corrected chi connectivity index (χ0v) is 9.67. The highest BCUT2D eigenvalue weighted by Gasteiger charge is 2.17. The SMILES string of the molecule is O=c1c2sccc2ncn1[C@H]1CCCNC1. The molecule has 0 bridgehead atoms. The lowest BCUT2D eigenvalue weighted by atomic mass is 10.1. The highest BCUT2D eigenvalue weighted by molar-refractivity contribution is 7.17. The van der Waals surface area contributed by atoms with Crippen molar-refractivity contribution < 1.29 is 0 Å². The van der Waals surface area contributed by atoms with E-state index in [-0.39, 0.29) is 11.6 Å². The molecule has 1 aliphatic rings. The Morgan fingerprint density at radius 3 is 3.31 bits per heavy atom. The van der Waals surface area contributed by atoms with Crippen molar-refractivity contribution in [3.63, 3.8) is 0 Å². The number of thiophene rings is 1. The summed E-state index contributed by atoms with van der Waals surface area (Å²) in [5.74, 6) is 0. The zero-order valence-electron chi connectivity index (χ0n) is 8.85. The van der Waals surface area contributed by atoms with Gasteiger partial charge in [0.2, 0.25) is 0 Å². The summed E-state index contributed by atoms with van der Waals surface area (Å²) in [5.41, 5.74) is 0.920. The van der Waals surface area contributed by atoms with Gasteiger partial charge in [0.05, 0.1) is 17.9 Å². The van der Waals surface area contributed by atoms with Crippen LogP contribution in [0.4, 0.5) is 0 Å². The van der Waals surface area contributed by atoms with E-state index in [4.69, 9.17) is 0 Å². The van der Waals surface area contributed by atoms with E-state index in [0.717, 1.165) is 36.1 Å². The Balaban J connectivity index is 2.09. The molecule has 5 heteroatoms. The number of piperidine rings is 1. The molecule has 0 aromatic carbocycles. The number of rotatable bonds is 1. The van der Waals surface area contributed by atoms with Gasteiger partial charge in [0.25, 0.3) is 5.56 Å². The predicted molar refractivity (Wildman–Crippen MR) is 65.0 cm³/mol. The lowest BCUT2D eigenvalue weighted by Gasteiger charge is -2.24. The third kappa shape index (κ3) is 1.56. The molecule has 1 atom stereocenters. The molecule has 0 spiro atoms. The van der Waals surface area contributed by atoms with Crippen molar-refractivity contribution in [2.75, 3.05) is 13.1 Å². The first-order valence-electron chi connectivity index (χ1n) is 5.51. The van der Waals surface area contributed by atoms with Crippen LogP contribution in [0.15, 0.2) is 22.6 Å². The minimum absolute atomic E-state index is 0.105. The van der Waals surface area contributed by atoms with E-state index in [1.807, 2.05) is 11.4 Å². The smallest absolute Gasteiger partial charge is 0.271 e. The molecule has 0 aliphatic carbocycles. The molecule has 16 heavy (non-hydrogen) atoms. The van der Waals surface area contributed by atoms with E-state index < -0.39 is 0 Å². The van der Waals surface area contributed by atoms with Gasteiger partial charge in [-0.25, -0.2) is 4.98 Å². The monoisotopic (exact) mass is 235 g/mol. The van der Waals surface area contributed by atoms with Crippen LogP contribution >= 0.6 is 11.3 Å². The van der Waals surface area contributed by atoms with Crippen LogP contribution in [0.2, 0.25) is 0 Å². The zero-order chi connectivity index (χ0) is 11.0. The number of nitrogens with one attached hydrogen (secondary N) is 1. The molecular formula is C11H13N3OS. The quantitative estimate of drug-likeness (QED) is 0.812. The molecule has 2 aromatic rings. The number of aromatic nitrogens is 2. The first-order chi connectivity index (χ1) is 7.86. The van der Waals surface area contributed by atoms with Crippen LogP contribution < -0.4 is 10.9 Å². The second-order valence-electron chi connectivity index (χ2n) is 4.09. The van der Waals surface area contributed by atoms with Gasteiger partial charge in [0, 0.05) is 6.54 Å². The minimum atomic E-state index is 0.105. The molecule has 84 valence electrons. The van der Waals surface area contributed by atoms with Crippen molar-refractivity contribution in [2.24, 2.45) is 0 Å². The number of hydrogen-bond acceptors (Lipinski definition) is 4. The van der Waals surface area contributed by atoms with Crippen molar-refractivity contribution in [3.8, 4) is 0 Å². The van der Waals surface area contributed by atoms with E-state index in [2.05, 4.69) is 10.3 Å². The summed E-state index contributed by atoms with van der Waals surface area (Å²) in [6.07, 6.45) is 3.88. The summed E-state index contributed by atoms with van der Waals surface area (Å²) in [6, 6.07) is 2.16. The Kier molecular flexibility index (Phi) is 2.49. The fourth-order valence-corrected chi connectivity index (χ4v) is 2.97. The molecule has 4 nitrogen and oxygen atoms in total. The van der Waals surface area contributed by atoms with Crippen LogP contribution in [0, 0.1) is 0 Å². The molecule has 0 radical (unpaired) electrons. The molecular weight excluding hydrogens is 222 g/mol. The lowest BCUT2D eigenvalue weighted by Crippen LogP contribution is -2.36. The van der Waals surface area contributed by atoms with Gasteiger partial charge in [0.15, 0.2) is 0 Å². The standard InChI is InChI=1S/C11H13N3OS/c15-11-10-9(3-5-16-10)13-7-14(11)8-2-1-4-12-6-8/h3,5,7-8,12H,1-2,4,6H2/t8-/m0/s1. The highest BCUT2D eigenvalue weighted by atomic mass is 32.1. The Morgan fingerprint density at radius 1 is 1.56 bits per heavy atom. The van der Waals surface area contributed by atoms with E-state index >= 15 is 0 Å². The van der Waals surface area contributed by atoms with Gasteiger partial charge in [-0.05, 0) is 30.8 Å². The minimum Gasteiger partial charge on any atom is -0.315 e. The van der Waals surface area contributed by atoms with Crippen molar-refractivity contribution in [3.05, 3.63) is 28.1 Å². The van der Waals surface area contributed by atoms with Gasteiger partial charge in [-0.2, -0.15) is 0 Å². The van der Waals surface area contributed by atoms with Crippen LogP contribution in [-0.2, 0) is 0 Å². The van der Waals surface area contributed by atoms with Crippen LogP contribution in [0.25, 0.3) is 10.2 Å². The van der Waals surface area contributed by atoms with Crippen LogP contribution in [0.5, 0.6) is 0 Å². The fraction of sp³-hybridized carbons (Fsp3) is 0.455. The molecule has 3 rings (SSSR count). The van der Waals surface area contributed by atoms with Crippen LogP contribution in [-0.4, -0.2) is 22.6 Å². The van der Waals surface area contributed by atoms with Gasteiger partial charge >= 0.3 is 0 Å². The summed E-state index contributed by atoms with van der Waals surface area (Å²) >= 11 is 1.48. The van der Waals surface area contributed by atoms with Crippen molar-refractivity contribution >= 4 is 21.6 Å². The molecule has 2 aromatic heterocycles. The molecule has 1 N–H and O–H groups in total. The van der Waals surface area contributed by atoms with Gasteiger partial charge in [-0.1, -0.05) is 0 Å². The maximum Gasteiger partial charge on any atom is 0.271 e. The summed E-state index contributed by atoms with van der Waals surface area (Å²) in [6.45, 7) is 1.93. The normalized spacial score (nSPS) is 21.4. The molecule has 1 fully saturated rings. The molecule has 0 saturated carbocycles. The first-order valence-corrected chi connectivity index (χ1v) is 6.39. The second-order valence-corrected chi connectivity index (χ2v) is 5.01. The summed E-state index contributed by atoms with van der Waals surface area (Å²) in [4.78, 5) is 16.5. The molecule has 3 heterocycles. The van der Waals surface area contributed by atoms with Gasteiger partial charge in [-0.3, -0.25) is 9.36 Å². The predicted octanol–water partition coefficient (Wildman–Crippen LogP) is 1.38. The summed E-state index contributed by atoms with van der Waals surface area (Å²) in [7, 11) is 0. The van der Waals surface area contributed by atoms with Crippen molar-refractivity contribution in [1.29, 1.82) is 0 Å². The van der Waals surface area contributed by atoms with E-state index in [1.54, 1.807) is 10.9 Å². The summed E-state index contributed by atoms with van der Waals surface area (Å²) < 4.78 is 2.55. The van der Waals surface area contributed by atoms with Gasteiger partial charge in [0.1, 0.15) is 4.70 Å². The number of nitrogens with zero attached hydrogens (tertiary/aromatic N) is 2. The Morgan fingerprint density at radius 2 is 2.50 bits per heavy atom. The van der Waals surface area contributed by atoms with Crippen molar-refractivity contribution in [1.82, 2.24) is 14.9 Å². The molecule has 1 saturated heterocycles. The second kappa shape index (κ2) is 3.99. The van der Waals surface area contributed by atoms with E-state index in [9.17, 15) is 4.79 Å². The van der Waals surface area contributed by atoms with Gasteiger partial charge < -0.3 is 5.32 Å².